The molecule has 2 fully saturated rings. The number of piperidine rings is 1. The molecule has 6 rings (SSSR count). The van der Waals surface area contributed by atoms with Crippen molar-refractivity contribution >= 4 is 17.6 Å². The molecule has 4 aromatic rings. The van der Waals surface area contributed by atoms with Crippen molar-refractivity contribution in [3.05, 3.63) is 71.5 Å². The van der Waals surface area contributed by atoms with Crippen LogP contribution in [0.4, 0.5) is 10.6 Å². The molecule has 12 heteroatoms. The number of nitrogens with zero attached hydrogens (tertiary/aromatic N) is 6. The zero-order valence-corrected chi connectivity index (χ0v) is 30.9. The summed E-state index contributed by atoms with van der Waals surface area (Å²) in [4.78, 5) is 27.0. The Bertz CT molecular complexity index is 1710. The van der Waals surface area contributed by atoms with Crippen LogP contribution in [0.3, 0.4) is 0 Å². The van der Waals surface area contributed by atoms with Crippen LogP contribution >= 0.6 is 0 Å². The van der Waals surface area contributed by atoms with Crippen LogP contribution < -0.4 is 19.1 Å². The van der Waals surface area contributed by atoms with Gasteiger partial charge in [-0.1, -0.05) is 37.6 Å². The molecule has 4 heterocycles. The lowest BCUT2D eigenvalue weighted by Gasteiger charge is -2.40. The minimum Gasteiger partial charge on any atom is -0.497 e. The highest BCUT2D eigenvalue weighted by Crippen LogP contribution is 2.44. The summed E-state index contributed by atoms with van der Waals surface area (Å²) in [5.74, 6) is 2.07. The van der Waals surface area contributed by atoms with Crippen molar-refractivity contribution in [1.82, 2.24) is 24.5 Å². The van der Waals surface area contributed by atoms with Gasteiger partial charge in [0.1, 0.15) is 23.2 Å². The number of hydrogen-bond acceptors (Lipinski definition) is 10. The average Bonchev–Trinajstić information content (AvgIpc) is 3.64. The SMILES string of the molecule is CCC[C@H](C)Oc1nc(N(Cc2ccc(OC)cc2)Cc2ccc(OC)cc2)c2ncc(C(O)C3CC4CCC(C3)N4C(=O)OC(C)(C)C)n2n1. The molecule has 0 spiro atoms. The Hall–Kier alpha value is -4.58. The number of ether oxygens (including phenoxy) is 4. The third-order valence-electron chi connectivity index (χ3n) is 9.84. The lowest BCUT2D eigenvalue weighted by Crippen LogP contribution is -2.49. The molecule has 1 amide bonds. The molecular formula is C39H52N6O6. The molecule has 4 atom stereocenters. The van der Waals surface area contributed by atoms with E-state index in [9.17, 15) is 9.90 Å². The second kappa shape index (κ2) is 15.3. The number of methoxy groups -OCH3 is 2. The molecule has 1 N–H and O–H groups in total. The predicted octanol–water partition coefficient (Wildman–Crippen LogP) is 7.13. The third-order valence-corrected chi connectivity index (χ3v) is 9.84. The molecule has 51 heavy (non-hydrogen) atoms. The normalized spacial score (nSPS) is 19.8. The van der Waals surface area contributed by atoms with E-state index >= 15 is 0 Å². The second-order valence-corrected chi connectivity index (χ2v) is 14.9. The number of fused-ring (bicyclic) bond motifs is 3. The number of benzene rings is 2. The lowest BCUT2D eigenvalue weighted by molar-refractivity contribution is -0.0142. The van der Waals surface area contributed by atoms with Crippen LogP contribution in [0, 0.1) is 5.92 Å². The summed E-state index contributed by atoms with van der Waals surface area (Å²) in [6, 6.07) is 16.2. The number of carbonyl (C=O) groups is 1. The summed E-state index contributed by atoms with van der Waals surface area (Å²) in [7, 11) is 3.31. The van der Waals surface area contributed by atoms with Gasteiger partial charge in [0.2, 0.25) is 0 Å². The first-order valence-electron chi connectivity index (χ1n) is 18.1. The van der Waals surface area contributed by atoms with Crippen LogP contribution in [0.25, 0.3) is 5.65 Å². The summed E-state index contributed by atoms with van der Waals surface area (Å²) in [6.45, 7) is 10.8. The number of amides is 1. The number of anilines is 1. The predicted molar refractivity (Wildman–Crippen MR) is 194 cm³/mol. The van der Waals surface area contributed by atoms with Gasteiger partial charge >= 0.3 is 12.1 Å². The minimum atomic E-state index is -0.857. The fourth-order valence-corrected chi connectivity index (χ4v) is 7.41. The first kappa shape index (κ1) is 36.2. The van der Waals surface area contributed by atoms with Gasteiger partial charge in [-0.25, -0.2) is 14.3 Å². The maximum absolute atomic E-state index is 13.1. The molecule has 2 aromatic carbocycles. The number of imidazole rings is 1. The van der Waals surface area contributed by atoms with E-state index in [0.29, 0.717) is 43.1 Å². The maximum Gasteiger partial charge on any atom is 0.410 e. The summed E-state index contributed by atoms with van der Waals surface area (Å²) >= 11 is 0. The van der Waals surface area contributed by atoms with Crippen molar-refractivity contribution in [2.45, 2.75) is 116 Å². The van der Waals surface area contributed by atoms with Crippen LogP contribution in [-0.4, -0.2) is 73.7 Å². The monoisotopic (exact) mass is 700 g/mol. The van der Waals surface area contributed by atoms with E-state index in [1.54, 1.807) is 24.9 Å². The standard InChI is InChI=1S/C39H52N6O6/c1-8-9-25(2)50-37-41-36(43(23-26-10-16-31(48-6)17-11-26)24-27-12-18-32(49-7)19-13-27)35-40-22-33(45(35)42-37)34(46)28-20-29-14-15-30(21-28)44(29)38(47)51-39(3,4)5/h10-13,16-19,22,25,28-30,34,46H,8-9,14-15,20-21,23-24H2,1-7H3/t25-,28?,29?,30?,34?/m0/s1. The van der Waals surface area contributed by atoms with Crippen molar-refractivity contribution in [2.24, 2.45) is 5.92 Å². The van der Waals surface area contributed by atoms with Crippen LogP contribution in [0.2, 0.25) is 0 Å². The van der Waals surface area contributed by atoms with Crippen LogP contribution in [0.5, 0.6) is 17.5 Å². The molecule has 2 saturated heterocycles. The van der Waals surface area contributed by atoms with Crippen molar-refractivity contribution in [2.75, 3.05) is 19.1 Å². The maximum atomic E-state index is 13.1. The van der Waals surface area contributed by atoms with Crippen LogP contribution in [0.1, 0.15) is 96.1 Å². The number of aliphatic hydroxyl groups is 1. The molecule has 12 nitrogen and oxygen atoms in total. The first-order valence-corrected chi connectivity index (χ1v) is 18.1. The highest BCUT2D eigenvalue weighted by molar-refractivity contribution is 5.70. The Kier molecular flexibility index (Phi) is 10.9. The van der Waals surface area contributed by atoms with Crippen molar-refractivity contribution in [3.8, 4) is 17.5 Å². The molecule has 3 unspecified atom stereocenters. The topological polar surface area (TPSA) is 124 Å². The Morgan fingerprint density at radius 3 is 2.04 bits per heavy atom. The molecule has 2 aliphatic rings. The molecule has 2 aromatic heterocycles. The number of aliphatic hydroxyl groups excluding tert-OH is 1. The molecule has 0 radical (unpaired) electrons. The molecule has 0 saturated carbocycles. The summed E-state index contributed by atoms with van der Waals surface area (Å²) < 4.78 is 24.6. The smallest absolute Gasteiger partial charge is 0.410 e. The van der Waals surface area contributed by atoms with Gasteiger partial charge in [0.05, 0.1) is 32.2 Å². The van der Waals surface area contributed by atoms with Gasteiger partial charge < -0.3 is 33.9 Å². The van der Waals surface area contributed by atoms with E-state index in [1.807, 2.05) is 81.1 Å². The number of aromatic nitrogens is 4. The van der Waals surface area contributed by atoms with Gasteiger partial charge in [0, 0.05) is 25.2 Å². The highest BCUT2D eigenvalue weighted by Gasteiger charge is 2.47. The van der Waals surface area contributed by atoms with Crippen molar-refractivity contribution < 1.29 is 28.8 Å². The van der Waals surface area contributed by atoms with Gasteiger partial charge in [-0.05, 0) is 101 Å². The quantitative estimate of drug-likeness (QED) is 0.154. The molecular weight excluding hydrogens is 648 g/mol. The Balaban J connectivity index is 1.36. The van der Waals surface area contributed by atoms with E-state index < -0.39 is 11.7 Å². The van der Waals surface area contributed by atoms with Crippen molar-refractivity contribution in [3.63, 3.8) is 0 Å². The van der Waals surface area contributed by atoms with E-state index in [1.165, 1.54) is 0 Å². The van der Waals surface area contributed by atoms with Gasteiger partial charge in [0.15, 0.2) is 11.5 Å². The van der Waals surface area contributed by atoms with E-state index in [0.717, 1.165) is 48.3 Å². The van der Waals surface area contributed by atoms with Gasteiger partial charge in [-0.3, -0.25) is 0 Å². The molecule has 0 aliphatic carbocycles. The van der Waals surface area contributed by atoms with Crippen LogP contribution in [-0.2, 0) is 17.8 Å². The van der Waals surface area contributed by atoms with E-state index in [4.69, 9.17) is 34.0 Å². The zero-order chi connectivity index (χ0) is 36.3. The molecule has 274 valence electrons. The van der Waals surface area contributed by atoms with E-state index in [-0.39, 0.29) is 36.2 Å². The Morgan fingerprint density at radius 2 is 1.53 bits per heavy atom. The summed E-state index contributed by atoms with van der Waals surface area (Å²) in [5.41, 5.74) is 2.65. The zero-order valence-electron chi connectivity index (χ0n) is 30.9. The Morgan fingerprint density at radius 1 is 0.961 bits per heavy atom. The second-order valence-electron chi connectivity index (χ2n) is 14.9. The van der Waals surface area contributed by atoms with Gasteiger partial charge in [-0.15, -0.1) is 5.10 Å². The first-order chi connectivity index (χ1) is 24.5. The summed E-state index contributed by atoms with van der Waals surface area (Å²) in [5, 5.41) is 16.9. The lowest BCUT2D eigenvalue weighted by atomic mass is 9.85. The Labute approximate surface area is 300 Å². The fraction of sp³-hybridized carbons (Fsp3) is 0.538. The van der Waals surface area contributed by atoms with Crippen LogP contribution in [0.15, 0.2) is 54.7 Å². The van der Waals surface area contributed by atoms with Gasteiger partial charge in [0.25, 0.3) is 0 Å². The van der Waals surface area contributed by atoms with Gasteiger partial charge in [-0.2, -0.15) is 4.98 Å². The number of rotatable bonds is 13. The third kappa shape index (κ3) is 8.32. The van der Waals surface area contributed by atoms with E-state index in [2.05, 4.69) is 11.8 Å². The molecule has 2 aliphatic heterocycles. The van der Waals surface area contributed by atoms with Crippen molar-refractivity contribution in [1.29, 1.82) is 0 Å². The number of hydrogen-bond donors (Lipinski definition) is 1. The fourth-order valence-electron chi connectivity index (χ4n) is 7.41. The largest absolute Gasteiger partial charge is 0.497 e. The summed E-state index contributed by atoms with van der Waals surface area (Å²) in [6.07, 6.45) is 5.39. The average molecular weight is 701 g/mol. The highest BCUT2D eigenvalue weighted by atomic mass is 16.6. The number of carbonyl (C=O) groups excluding carboxylic acids is 1. The molecule has 2 bridgehead atoms. The minimum absolute atomic E-state index is 0.0147.